The third-order valence-electron chi connectivity index (χ3n) is 9.03. The Balaban J connectivity index is 1.74. The molecule has 252 valence electrons. The number of rotatable bonds is 11. The fraction of sp³-hybridized carbons (Fsp3) is 0.424. The van der Waals surface area contributed by atoms with Crippen molar-refractivity contribution in [1.82, 2.24) is 10.2 Å². The maximum absolute atomic E-state index is 14.2. The van der Waals surface area contributed by atoms with E-state index in [2.05, 4.69) is 10.6 Å². The van der Waals surface area contributed by atoms with Gasteiger partial charge in [-0.1, -0.05) is 0 Å². The Hall–Kier alpha value is -4.79. The molecule has 0 bridgehead atoms. The van der Waals surface area contributed by atoms with Gasteiger partial charge in [-0.2, -0.15) is 0 Å². The lowest BCUT2D eigenvalue weighted by atomic mass is 9.61. The van der Waals surface area contributed by atoms with E-state index in [9.17, 15) is 44.4 Å². The number of carbonyl (C=O) groups is 5. The highest BCUT2D eigenvalue weighted by Crippen LogP contribution is 2.51. The van der Waals surface area contributed by atoms with Gasteiger partial charge in [0, 0.05) is 60.7 Å². The first-order valence-electron chi connectivity index (χ1n) is 15.0. The number of urea groups is 1. The quantitative estimate of drug-likeness (QED) is 0.135. The monoisotopic (exact) mass is 651 g/mol. The minimum Gasteiger partial charge on any atom is -0.508 e. The number of aliphatic hydroxyl groups is 3. The standard InChI is InChI=1S/C33H41N5O9/c1-16(40)17-6-8-20(9-7-17)36-32(46)35-14-19-12-23(37(2)3)21-10-18-11-22(24(15-39)38(4)5)33(47,25(41)13-26(34)42)31(45)27(18)30(44)28(21)29(19)43/h6-9,12,18,22,24,39,43,45,47H,10-11,13-15H2,1-5H3,(H2,34,42)(H2,35,36,46)/t18-,22-,24+,33+/m0/s1. The summed E-state index contributed by atoms with van der Waals surface area (Å²) < 4.78 is 0. The van der Waals surface area contributed by atoms with Crippen LogP contribution in [0.1, 0.15) is 51.6 Å². The SMILES string of the molecule is CC(=O)c1ccc(NC(=O)NCc2cc(N(C)C)c3c(c2O)C(=O)C2=C(O)[C@](O)(C(=O)CC(N)=O)[C@H]([C@@H](CO)N(C)C)C[C@@H]2C3)cc1. The van der Waals surface area contributed by atoms with Crippen LogP contribution < -0.4 is 21.3 Å². The molecule has 4 rings (SSSR count). The molecule has 2 aliphatic carbocycles. The number of hydrogen-bond donors (Lipinski definition) is 7. The summed E-state index contributed by atoms with van der Waals surface area (Å²) in [7, 11) is 6.74. The highest BCUT2D eigenvalue weighted by atomic mass is 16.3. The Morgan fingerprint density at radius 2 is 1.72 bits per heavy atom. The number of primary amides is 1. The number of aliphatic hydroxyl groups excluding tert-OH is 2. The van der Waals surface area contributed by atoms with Crippen molar-refractivity contribution < 1.29 is 44.4 Å². The van der Waals surface area contributed by atoms with Gasteiger partial charge in [0.2, 0.25) is 5.91 Å². The number of fused-ring (bicyclic) bond motifs is 2. The first-order valence-corrected chi connectivity index (χ1v) is 15.0. The first-order chi connectivity index (χ1) is 22.0. The number of aromatic hydroxyl groups is 1. The van der Waals surface area contributed by atoms with E-state index in [-0.39, 0.29) is 41.9 Å². The highest BCUT2D eigenvalue weighted by molar-refractivity contribution is 6.15. The molecule has 0 unspecified atom stereocenters. The molecule has 8 N–H and O–H groups in total. The smallest absolute Gasteiger partial charge is 0.319 e. The number of hydrogen-bond acceptors (Lipinski definition) is 11. The van der Waals surface area contributed by atoms with Crippen LogP contribution in [0.15, 0.2) is 41.7 Å². The first kappa shape index (κ1) is 35.1. The van der Waals surface area contributed by atoms with E-state index >= 15 is 0 Å². The van der Waals surface area contributed by atoms with E-state index in [0.717, 1.165) is 0 Å². The second kappa shape index (κ2) is 13.5. The summed E-state index contributed by atoms with van der Waals surface area (Å²) in [6.45, 7) is 0.724. The van der Waals surface area contributed by atoms with Gasteiger partial charge in [0.25, 0.3) is 0 Å². The molecule has 2 aromatic carbocycles. The van der Waals surface area contributed by atoms with E-state index in [0.29, 0.717) is 22.5 Å². The molecule has 0 radical (unpaired) electrons. The number of Topliss-reactive ketones (excluding diaryl/α,β-unsaturated/α-hetero) is 3. The molecule has 47 heavy (non-hydrogen) atoms. The number of anilines is 2. The van der Waals surface area contributed by atoms with Crippen LogP contribution in [0.3, 0.4) is 0 Å². The van der Waals surface area contributed by atoms with Gasteiger partial charge in [-0.05, 0) is 75.7 Å². The normalized spacial score (nSPS) is 21.1. The molecule has 0 fully saturated rings. The van der Waals surface area contributed by atoms with Gasteiger partial charge in [-0.25, -0.2) is 4.79 Å². The van der Waals surface area contributed by atoms with Crippen molar-refractivity contribution in [1.29, 1.82) is 0 Å². The number of benzene rings is 2. The average Bonchev–Trinajstić information content (AvgIpc) is 2.98. The number of amides is 3. The zero-order chi connectivity index (χ0) is 35.0. The number of phenols is 1. The third-order valence-corrected chi connectivity index (χ3v) is 9.03. The van der Waals surface area contributed by atoms with Gasteiger partial charge in [-0.15, -0.1) is 0 Å². The molecule has 4 atom stereocenters. The second-order valence-corrected chi connectivity index (χ2v) is 12.5. The Kier molecular flexibility index (Phi) is 10.1. The Labute approximate surface area is 271 Å². The number of phenolic OH excluding ortho intramolecular Hbond substituents is 1. The summed E-state index contributed by atoms with van der Waals surface area (Å²) in [4.78, 5) is 66.8. The lowest BCUT2D eigenvalue weighted by Crippen LogP contribution is -2.60. The number of allylic oxidation sites excluding steroid dienone is 1. The van der Waals surface area contributed by atoms with Crippen molar-refractivity contribution in [3.63, 3.8) is 0 Å². The number of nitrogens with zero attached hydrogens (tertiary/aromatic N) is 2. The van der Waals surface area contributed by atoms with E-state index < -0.39 is 71.5 Å². The van der Waals surface area contributed by atoms with E-state index in [1.165, 1.54) is 6.92 Å². The minimum absolute atomic E-state index is 0.0144. The zero-order valence-corrected chi connectivity index (χ0v) is 27.0. The van der Waals surface area contributed by atoms with Crippen LogP contribution in [0.2, 0.25) is 0 Å². The summed E-state index contributed by atoms with van der Waals surface area (Å²) in [6.07, 6.45) is -0.798. The van der Waals surface area contributed by atoms with Crippen molar-refractivity contribution in [3.05, 3.63) is 63.9 Å². The summed E-state index contributed by atoms with van der Waals surface area (Å²) in [6, 6.07) is 6.45. The molecule has 0 spiro atoms. The molecule has 0 aliphatic heterocycles. The van der Waals surface area contributed by atoms with Crippen LogP contribution in [0.25, 0.3) is 0 Å². The van der Waals surface area contributed by atoms with Gasteiger partial charge in [-0.3, -0.25) is 19.2 Å². The molecule has 0 aromatic heterocycles. The third kappa shape index (κ3) is 6.57. The molecule has 0 heterocycles. The molecule has 14 nitrogen and oxygen atoms in total. The lowest BCUT2D eigenvalue weighted by molar-refractivity contribution is -0.151. The zero-order valence-electron chi connectivity index (χ0n) is 27.0. The molecular weight excluding hydrogens is 610 g/mol. The number of nitrogens with one attached hydrogen (secondary N) is 2. The number of nitrogens with two attached hydrogens (primary N) is 1. The Morgan fingerprint density at radius 3 is 2.26 bits per heavy atom. The summed E-state index contributed by atoms with van der Waals surface area (Å²) in [5.41, 5.74) is 4.23. The van der Waals surface area contributed by atoms with Crippen molar-refractivity contribution in [2.75, 3.05) is 45.0 Å². The molecular formula is C33H41N5O9. The van der Waals surface area contributed by atoms with Crippen molar-refractivity contribution in [3.8, 4) is 5.75 Å². The van der Waals surface area contributed by atoms with Crippen LogP contribution in [0, 0.1) is 11.8 Å². The number of carbonyl (C=O) groups excluding carboxylic acids is 5. The molecule has 2 aromatic rings. The van der Waals surface area contributed by atoms with Crippen molar-refractivity contribution in [2.45, 2.75) is 44.4 Å². The van der Waals surface area contributed by atoms with E-state index in [4.69, 9.17) is 5.73 Å². The summed E-state index contributed by atoms with van der Waals surface area (Å²) in [5.74, 6) is -6.32. The maximum Gasteiger partial charge on any atom is 0.319 e. The van der Waals surface area contributed by atoms with E-state index in [1.807, 2.05) is 0 Å². The maximum atomic E-state index is 14.2. The van der Waals surface area contributed by atoms with Gasteiger partial charge >= 0.3 is 6.03 Å². The molecule has 3 amide bonds. The molecule has 0 saturated carbocycles. The second-order valence-electron chi connectivity index (χ2n) is 12.5. The number of ketones is 3. The van der Waals surface area contributed by atoms with Crippen molar-refractivity contribution in [2.24, 2.45) is 17.6 Å². The van der Waals surface area contributed by atoms with Gasteiger partial charge in [0.1, 0.15) is 11.5 Å². The predicted octanol–water partition coefficient (Wildman–Crippen LogP) is 1.27. The lowest BCUT2D eigenvalue weighted by Gasteiger charge is -2.47. The Bertz CT molecular complexity index is 1650. The van der Waals surface area contributed by atoms with Crippen LogP contribution in [0.5, 0.6) is 5.75 Å². The van der Waals surface area contributed by atoms with Crippen LogP contribution in [-0.2, 0) is 22.6 Å². The molecule has 0 saturated heterocycles. The fourth-order valence-corrected chi connectivity index (χ4v) is 6.62. The van der Waals surface area contributed by atoms with Gasteiger partial charge < -0.3 is 46.6 Å². The number of likely N-dealkylation sites (N-methyl/N-ethyl adjacent to an activating group) is 1. The predicted molar refractivity (Wildman–Crippen MR) is 172 cm³/mol. The van der Waals surface area contributed by atoms with E-state index in [1.54, 1.807) is 68.3 Å². The van der Waals surface area contributed by atoms with Crippen LogP contribution in [0.4, 0.5) is 16.2 Å². The summed E-state index contributed by atoms with van der Waals surface area (Å²) >= 11 is 0. The highest BCUT2D eigenvalue weighted by Gasteiger charge is 2.58. The molecule has 14 heteroatoms. The topological polar surface area (TPSA) is 223 Å². The van der Waals surface area contributed by atoms with Gasteiger partial charge in [0.05, 0.1) is 18.6 Å². The van der Waals surface area contributed by atoms with Crippen LogP contribution >= 0.6 is 0 Å². The Morgan fingerprint density at radius 1 is 1.09 bits per heavy atom. The van der Waals surface area contributed by atoms with Crippen molar-refractivity contribution >= 4 is 40.7 Å². The molecule has 2 aliphatic rings. The minimum atomic E-state index is -2.72. The summed E-state index contributed by atoms with van der Waals surface area (Å²) in [5, 5.41) is 50.3. The fourth-order valence-electron chi connectivity index (χ4n) is 6.62. The van der Waals surface area contributed by atoms with Gasteiger partial charge in [0.15, 0.2) is 23.0 Å². The van der Waals surface area contributed by atoms with Crippen LogP contribution in [-0.4, -0.2) is 101 Å². The average molecular weight is 652 g/mol. The largest absolute Gasteiger partial charge is 0.508 e.